The van der Waals surface area contributed by atoms with Gasteiger partial charge in [0.15, 0.2) is 0 Å². The van der Waals surface area contributed by atoms with E-state index < -0.39 is 0 Å². The van der Waals surface area contributed by atoms with E-state index in [1.54, 1.807) is 18.2 Å². The maximum absolute atomic E-state index is 12.4. The lowest BCUT2D eigenvalue weighted by molar-refractivity contribution is -0.134. The first-order valence-electron chi connectivity index (χ1n) is 6.84. The molecule has 0 unspecified atom stereocenters. The molecule has 1 amide bonds. The molecule has 1 aliphatic rings. The zero-order valence-electron chi connectivity index (χ0n) is 11.0. The van der Waals surface area contributed by atoms with Crippen LogP contribution in [0.2, 0.25) is 0 Å². The zero-order chi connectivity index (χ0) is 13.7. The molecule has 19 heavy (non-hydrogen) atoms. The Kier molecular flexibility index (Phi) is 5.08. The molecule has 1 N–H and O–H groups in total. The van der Waals surface area contributed by atoms with Gasteiger partial charge in [0.1, 0.15) is 5.75 Å². The lowest BCUT2D eigenvalue weighted by Crippen LogP contribution is -2.45. The van der Waals surface area contributed by atoms with E-state index >= 15 is 0 Å². The number of halogens is 1. The fourth-order valence-electron chi connectivity index (χ4n) is 2.38. The Morgan fingerprint density at radius 1 is 1.42 bits per heavy atom. The summed E-state index contributed by atoms with van der Waals surface area (Å²) in [6.45, 7) is 0.742. The third kappa shape index (κ3) is 3.87. The zero-order valence-corrected chi connectivity index (χ0v) is 11.8. The number of carbonyl (C=O) groups is 1. The maximum atomic E-state index is 12.4. The Bertz CT molecular complexity index is 432. The molecule has 2 rings (SSSR count). The highest BCUT2D eigenvalue weighted by atomic mass is 35.5. The number of rotatable bonds is 6. The van der Waals surface area contributed by atoms with E-state index in [1.807, 2.05) is 11.0 Å². The molecule has 104 valence electrons. The van der Waals surface area contributed by atoms with Crippen molar-refractivity contribution in [1.82, 2.24) is 4.90 Å². The van der Waals surface area contributed by atoms with Crippen LogP contribution in [0.4, 0.5) is 0 Å². The Balaban J connectivity index is 1.98. The first-order chi connectivity index (χ1) is 9.20. The van der Waals surface area contributed by atoms with Crippen molar-refractivity contribution in [2.75, 3.05) is 12.4 Å². The Hall–Kier alpha value is -1.22. The molecule has 0 heterocycles. The maximum Gasteiger partial charge on any atom is 0.227 e. The van der Waals surface area contributed by atoms with Crippen LogP contribution in [0.25, 0.3) is 0 Å². The number of carbonyl (C=O) groups excluding carboxylic acids is 1. The molecule has 1 aromatic carbocycles. The van der Waals surface area contributed by atoms with Gasteiger partial charge < -0.3 is 10.0 Å². The molecule has 0 bridgehead atoms. The molecule has 0 radical (unpaired) electrons. The van der Waals surface area contributed by atoms with E-state index in [9.17, 15) is 9.90 Å². The fraction of sp³-hybridized carbons (Fsp3) is 0.533. The van der Waals surface area contributed by atoms with Crippen LogP contribution in [0.15, 0.2) is 24.3 Å². The molecule has 0 atom stereocenters. The Labute approximate surface area is 119 Å². The number of nitrogens with zero attached hydrogens (tertiary/aromatic N) is 1. The molecule has 1 saturated carbocycles. The van der Waals surface area contributed by atoms with Crippen LogP contribution in [0, 0.1) is 0 Å². The predicted molar refractivity (Wildman–Crippen MR) is 76.5 cm³/mol. The van der Waals surface area contributed by atoms with E-state index in [0.29, 0.717) is 18.3 Å². The van der Waals surface area contributed by atoms with Crippen molar-refractivity contribution in [3.05, 3.63) is 29.8 Å². The molecular formula is C15H20ClNO2. The smallest absolute Gasteiger partial charge is 0.227 e. The summed E-state index contributed by atoms with van der Waals surface area (Å²) >= 11 is 5.73. The average molecular weight is 282 g/mol. The minimum Gasteiger partial charge on any atom is -0.508 e. The van der Waals surface area contributed by atoms with Gasteiger partial charge in [-0.1, -0.05) is 12.1 Å². The van der Waals surface area contributed by atoms with Gasteiger partial charge in [-0.25, -0.2) is 0 Å². The number of alkyl halides is 1. The van der Waals surface area contributed by atoms with E-state index in [1.165, 1.54) is 6.42 Å². The topological polar surface area (TPSA) is 40.5 Å². The average Bonchev–Trinajstić information content (AvgIpc) is 2.31. The standard InChI is InChI=1S/C15H20ClNO2/c16-8-3-9-17(13-5-2-6-13)15(19)11-12-4-1-7-14(18)10-12/h1,4,7,10,13,18H,2-3,5-6,8-9,11H2. The largest absolute Gasteiger partial charge is 0.508 e. The van der Waals surface area contributed by atoms with Crippen molar-refractivity contribution >= 4 is 17.5 Å². The molecule has 4 heteroatoms. The second-order valence-corrected chi connectivity index (χ2v) is 5.44. The molecule has 0 saturated heterocycles. The summed E-state index contributed by atoms with van der Waals surface area (Å²) < 4.78 is 0. The van der Waals surface area contributed by atoms with Crippen molar-refractivity contribution in [3.63, 3.8) is 0 Å². The lowest BCUT2D eigenvalue weighted by Gasteiger charge is -2.37. The molecule has 1 aliphatic carbocycles. The first kappa shape index (κ1) is 14.2. The number of hydrogen-bond donors (Lipinski definition) is 1. The third-order valence-electron chi connectivity index (χ3n) is 3.63. The highest BCUT2D eigenvalue weighted by Crippen LogP contribution is 2.26. The van der Waals surface area contributed by atoms with Crippen LogP contribution < -0.4 is 0 Å². The Morgan fingerprint density at radius 2 is 2.21 bits per heavy atom. The van der Waals surface area contributed by atoms with Crippen molar-refractivity contribution in [2.24, 2.45) is 0 Å². The van der Waals surface area contributed by atoms with Crippen molar-refractivity contribution < 1.29 is 9.90 Å². The fourth-order valence-corrected chi connectivity index (χ4v) is 2.50. The SMILES string of the molecule is O=C(Cc1cccc(O)c1)N(CCCCl)C1CCC1. The summed E-state index contributed by atoms with van der Waals surface area (Å²) in [6.07, 6.45) is 4.61. The van der Waals surface area contributed by atoms with Gasteiger partial charge in [0.2, 0.25) is 5.91 Å². The second-order valence-electron chi connectivity index (χ2n) is 5.06. The Morgan fingerprint density at radius 3 is 2.79 bits per heavy atom. The summed E-state index contributed by atoms with van der Waals surface area (Å²) in [7, 11) is 0. The monoisotopic (exact) mass is 281 g/mol. The lowest BCUT2D eigenvalue weighted by atomic mass is 9.91. The van der Waals surface area contributed by atoms with E-state index in [0.717, 1.165) is 31.4 Å². The number of benzene rings is 1. The number of phenolic OH excluding ortho intramolecular Hbond substituents is 1. The van der Waals surface area contributed by atoms with Gasteiger partial charge >= 0.3 is 0 Å². The molecule has 0 aromatic heterocycles. The summed E-state index contributed by atoms with van der Waals surface area (Å²) in [5.41, 5.74) is 0.861. The van der Waals surface area contributed by atoms with Gasteiger partial charge in [-0.3, -0.25) is 4.79 Å². The van der Waals surface area contributed by atoms with Gasteiger partial charge in [0.25, 0.3) is 0 Å². The van der Waals surface area contributed by atoms with Crippen molar-refractivity contribution in [3.8, 4) is 5.75 Å². The van der Waals surface area contributed by atoms with Crippen molar-refractivity contribution in [2.45, 2.75) is 38.1 Å². The summed E-state index contributed by atoms with van der Waals surface area (Å²) in [5, 5.41) is 9.43. The number of hydrogen-bond acceptors (Lipinski definition) is 2. The summed E-state index contributed by atoms with van der Waals surface area (Å²) in [6, 6.07) is 7.31. The van der Waals surface area contributed by atoms with Crippen LogP contribution in [-0.4, -0.2) is 34.4 Å². The number of amides is 1. The molecule has 0 aliphatic heterocycles. The molecule has 0 spiro atoms. The second kappa shape index (κ2) is 6.80. The molecule has 1 aromatic rings. The van der Waals surface area contributed by atoms with Gasteiger partial charge in [0.05, 0.1) is 6.42 Å². The molecule has 1 fully saturated rings. The van der Waals surface area contributed by atoms with Crippen LogP contribution >= 0.6 is 11.6 Å². The molecule has 3 nitrogen and oxygen atoms in total. The highest BCUT2D eigenvalue weighted by Gasteiger charge is 2.28. The van der Waals surface area contributed by atoms with E-state index in [-0.39, 0.29) is 11.7 Å². The van der Waals surface area contributed by atoms with Gasteiger partial charge in [-0.15, -0.1) is 11.6 Å². The number of phenols is 1. The van der Waals surface area contributed by atoms with Crippen LogP contribution in [-0.2, 0) is 11.2 Å². The van der Waals surface area contributed by atoms with Gasteiger partial charge in [-0.2, -0.15) is 0 Å². The third-order valence-corrected chi connectivity index (χ3v) is 3.90. The minimum atomic E-state index is 0.139. The highest BCUT2D eigenvalue weighted by molar-refractivity contribution is 6.17. The summed E-state index contributed by atoms with van der Waals surface area (Å²) in [5.74, 6) is 0.935. The predicted octanol–water partition coefficient (Wildman–Crippen LogP) is 2.94. The summed E-state index contributed by atoms with van der Waals surface area (Å²) in [4.78, 5) is 14.3. The van der Waals surface area contributed by atoms with Gasteiger partial charge in [-0.05, 0) is 43.4 Å². The van der Waals surface area contributed by atoms with Crippen LogP contribution in [0.5, 0.6) is 5.75 Å². The van der Waals surface area contributed by atoms with Gasteiger partial charge in [0, 0.05) is 18.5 Å². The number of aromatic hydroxyl groups is 1. The minimum absolute atomic E-state index is 0.139. The van der Waals surface area contributed by atoms with E-state index in [4.69, 9.17) is 11.6 Å². The quantitative estimate of drug-likeness (QED) is 0.815. The first-order valence-corrected chi connectivity index (χ1v) is 7.37. The molecular weight excluding hydrogens is 262 g/mol. The van der Waals surface area contributed by atoms with E-state index in [2.05, 4.69) is 0 Å². The van der Waals surface area contributed by atoms with Crippen molar-refractivity contribution in [1.29, 1.82) is 0 Å². The normalized spacial score (nSPS) is 15.0. The van der Waals surface area contributed by atoms with Crippen LogP contribution in [0.1, 0.15) is 31.2 Å². The van der Waals surface area contributed by atoms with Crippen LogP contribution in [0.3, 0.4) is 0 Å².